The highest BCUT2D eigenvalue weighted by Crippen LogP contribution is 2.67. The lowest BCUT2D eigenvalue weighted by Crippen LogP contribution is -2.26. The fourth-order valence-electron chi connectivity index (χ4n) is 16.2. The molecule has 0 bridgehead atoms. The fourth-order valence-corrected chi connectivity index (χ4v) is 19.3. The maximum Gasteiger partial charge on any atom is 0.0739 e. The van der Waals surface area contributed by atoms with E-state index in [4.69, 9.17) is 4.98 Å². The zero-order valence-corrected chi connectivity index (χ0v) is 45.9. The van der Waals surface area contributed by atoms with E-state index in [-0.39, 0.29) is 16.2 Å². The van der Waals surface area contributed by atoms with Gasteiger partial charge in [0, 0.05) is 67.7 Å². The van der Waals surface area contributed by atoms with Gasteiger partial charge in [0.25, 0.3) is 0 Å². The van der Waals surface area contributed by atoms with E-state index in [1.807, 2.05) is 22.7 Å². The predicted octanol–water partition coefficient (Wildman–Crippen LogP) is 20.4. The first-order valence-corrected chi connectivity index (χ1v) is 29.3. The second-order valence-electron chi connectivity index (χ2n) is 24.4. The minimum absolute atomic E-state index is 0.0316. The minimum atomic E-state index is -0.518. The summed E-state index contributed by atoms with van der Waals surface area (Å²) in [5.74, 6) is 0. The molecule has 3 aromatic heterocycles. The van der Waals surface area contributed by atoms with E-state index in [0.29, 0.717) is 0 Å². The lowest BCUT2D eigenvalue weighted by atomic mass is 9.70. The van der Waals surface area contributed by atoms with Gasteiger partial charge in [-0.3, -0.25) is 0 Å². The van der Waals surface area contributed by atoms with Crippen LogP contribution in [0.25, 0.3) is 118 Å². The summed E-state index contributed by atoms with van der Waals surface area (Å²) in [5.41, 5.74) is 30.9. The highest BCUT2D eigenvalue weighted by atomic mass is 32.1. The molecule has 1 nitrogen and oxygen atoms in total. The van der Waals surface area contributed by atoms with Gasteiger partial charge in [-0.2, -0.15) is 0 Å². The second-order valence-corrected chi connectivity index (χ2v) is 26.5. The van der Waals surface area contributed by atoms with Gasteiger partial charge < -0.3 is 0 Å². The molecule has 5 aliphatic rings. The Morgan fingerprint density at radius 2 is 0.756 bits per heavy atom. The van der Waals surface area contributed by atoms with Gasteiger partial charge in [0.1, 0.15) is 0 Å². The Bertz CT molecular complexity index is 4910. The van der Waals surface area contributed by atoms with Crippen molar-refractivity contribution in [3.63, 3.8) is 0 Å². The number of nitrogens with zero attached hydrogens (tertiary/aromatic N) is 1. The maximum absolute atomic E-state index is 5.70. The van der Waals surface area contributed by atoms with Crippen molar-refractivity contribution in [1.82, 2.24) is 4.98 Å². The molecule has 10 aromatic carbocycles. The molecule has 0 amide bonds. The van der Waals surface area contributed by atoms with Crippen LogP contribution >= 0.6 is 22.7 Å². The molecule has 0 aliphatic heterocycles. The van der Waals surface area contributed by atoms with Crippen LogP contribution in [0.4, 0.5) is 0 Å². The number of hydrogen-bond donors (Lipinski definition) is 0. The molecule has 13 aromatic rings. The summed E-state index contributed by atoms with van der Waals surface area (Å²) >= 11 is 4.00. The van der Waals surface area contributed by atoms with Gasteiger partial charge in [-0.25, -0.2) is 4.98 Å². The largest absolute Gasteiger partial charge is 0.248 e. The molecule has 0 fully saturated rings. The zero-order valence-electron chi connectivity index (χ0n) is 44.3. The van der Waals surface area contributed by atoms with Crippen molar-refractivity contribution in [2.45, 2.75) is 63.2 Å². The quantitative estimate of drug-likeness (QED) is 0.168. The van der Waals surface area contributed by atoms with Crippen LogP contribution in [0.2, 0.25) is 0 Å². The van der Waals surface area contributed by atoms with Crippen molar-refractivity contribution in [3.8, 4) is 78.1 Å². The number of pyridine rings is 1. The third-order valence-corrected chi connectivity index (χ3v) is 22.1. The number of aromatic nitrogens is 1. The maximum atomic E-state index is 5.70. The van der Waals surface area contributed by atoms with Crippen LogP contribution in [-0.4, -0.2) is 4.98 Å². The summed E-state index contributed by atoms with van der Waals surface area (Å²) in [6.07, 6.45) is 0. The Labute approximate surface area is 462 Å². The molecule has 0 radical (unpaired) electrons. The zero-order chi connectivity index (χ0) is 51.9. The standard InChI is InChI=1S/C75H51NS2/c1-72(2)55-22-11-8-20-44(55)53-38-54-50-34-32-47-45-30-29-40(37-60(45)74(5,6)66(47)69(50)77-64(54)39-61(53)72)62-27-16-28-63(76-62)51-21-15-26-59-65(51)52-36-35-49-48-33-31-46-43-19-7-12-23-56(43)73(3,4)67(46)70(48)78-71(49)68(52)75(59)57-24-13-9-17-41(57)42-18-10-14-25-58(42)75/h7-39H,1-6H3. The lowest BCUT2D eigenvalue weighted by molar-refractivity contribution is 0.661. The highest BCUT2D eigenvalue weighted by molar-refractivity contribution is 7.26. The Morgan fingerprint density at radius 3 is 1.44 bits per heavy atom. The van der Waals surface area contributed by atoms with Crippen LogP contribution in [0, 0.1) is 0 Å². The van der Waals surface area contributed by atoms with E-state index in [1.165, 1.54) is 157 Å². The monoisotopic (exact) mass is 1030 g/mol. The molecule has 0 unspecified atom stereocenters. The van der Waals surface area contributed by atoms with Crippen molar-refractivity contribution in [2.24, 2.45) is 0 Å². The molecule has 0 atom stereocenters. The fraction of sp³-hybridized carbons (Fsp3) is 0.133. The minimum Gasteiger partial charge on any atom is -0.248 e. The summed E-state index contributed by atoms with van der Waals surface area (Å²) in [4.78, 5) is 5.70. The van der Waals surface area contributed by atoms with Gasteiger partial charge in [0.2, 0.25) is 0 Å². The van der Waals surface area contributed by atoms with Crippen molar-refractivity contribution >= 4 is 63.0 Å². The molecule has 1 spiro atoms. The van der Waals surface area contributed by atoms with Crippen LogP contribution in [0.5, 0.6) is 0 Å². The Hall–Kier alpha value is -8.21. The van der Waals surface area contributed by atoms with E-state index in [9.17, 15) is 0 Å². The van der Waals surface area contributed by atoms with Gasteiger partial charge in [-0.15, -0.1) is 22.7 Å². The van der Waals surface area contributed by atoms with Crippen LogP contribution in [0.3, 0.4) is 0 Å². The van der Waals surface area contributed by atoms with E-state index in [0.717, 1.165) is 17.0 Å². The van der Waals surface area contributed by atoms with Gasteiger partial charge in [0.15, 0.2) is 0 Å². The predicted molar refractivity (Wildman–Crippen MR) is 330 cm³/mol. The summed E-state index contributed by atoms with van der Waals surface area (Å²) < 4.78 is 5.58. The van der Waals surface area contributed by atoms with Crippen molar-refractivity contribution in [1.29, 1.82) is 0 Å². The second kappa shape index (κ2) is 14.5. The van der Waals surface area contributed by atoms with Crippen molar-refractivity contribution in [2.75, 3.05) is 0 Å². The molecule has 3 heteroatoms. The smallest absolute Gasteiger partial charge is 0.0739 e. The van der Waals surface area contributed by atoms with Crippen molar-refractivity contribution in [3.05, 3.63) is 256 Å². The van der Waals surface area contributed by atoms with Crippen LogP contribution in [-0.2, 0) is 21.7 Å². The summed E-state index contributed by atoms with van der Waals surface area (Å²) in [7, 11) is 0. The number of benzene rings is 10. The molecular formula is C75H51NS2. The van der Waals surface area contributed by atoms with Gasteiger partial charge >= 0.3 is 0 Å². The third kappa shape index (κ3) is 5.09. The summed E-state index contributed by atoms with van der Waals surface area (Å²) in [5, 5.41) is 5.42. The first kappa shape index (κ1) is 43.8. The summed E-state index contributed by atoms with van der Waals surface area (Å²) in [6.45, 7) is 14.5. The topological polar surface area (TPSA) is 12.9 Å². The van der Waals surface area contributed by atoms with Crippen LogP contribution < -0.4 is 0 Å². The summed E-state index contributed by atoms with van der Waals surface area (Å²) in [6, 6.07) is 76.9. The van der Waals surface area contributed by atoms with Crippen LogP contribution in [0.1, 0.15) is 97.2 Å². The van der Waals surface area contributed by atoms with E-state index >= 15 is 0 Å². The molecule has 5 aliphatic carbocycles. The van der Waals surface area contributed by atoms with E-state index in [2.05, 4.69) is 242 Å². The molecule has 0 saturated carbocycles. The Kier molecular flexibility index (Phi) is 8.14. The molecule has 18 rings (SSSR count). The molecule has 78 heavy (non-hydrogen) atoms. The number of hydrogen-bond acceptors (Lipinski definition) is 3. The SMILES string of the molecule is CC1(C)c2ccccc2-c2cc3c(cc21)sc1c2c(ccc13)-c1ccc(-c3cccc(-c4cccc5c4-c4ccc6c(sc7c8c(ccc76)-c6ccccc6C8(C)C)c4C54c5ccccc5-c5ccccc54)n3)cc1C2(C)C. The molecular weight excluding hydrogens is 979 g/mol. The van der Waals surface area contributed by atoms with Crippen molar-refractivity contribution < 1.29 is 0 Å². The van der Waals surface area contributed by atoms with Crippen LogP contribution in [0.15, 0.2) is 200 Å². The van der Waals surface area contributed by atoms with Gasteiger partial charge in [-0.1, -0.05) is 211 Å². The lowest BCUT2D eigenvalue weighted by Gasteiger charge is -2.31. The van der Waals surface area contributed by atoms with E-state index in [1.54, 1.807) is 0 Å². The normalized spacial score (nSPS) is 16.2. The number of rotatable bonds is 2. The van der Waals surface area contributed by atoms with Gasteiger partial charge in [-0.05, 0) is 142 Å². The molecule has 0 saturated heterocycles. The average molecular weight is 1030 g/mol. The molecule has 368 valence electrons. The first-order chi connectivity index (χ1) is 38.0. The number of thiophene rings is 2. The molecule has 0 N–H and O–H groups in total. The Morgan fingerprint density at radius 1 is 0.295 bits per heavy atom. The highest BCUT2D eigenvalue weighted by Gasteiger charge is 2.54. The third-order valence-electron chi connectivity index (χ3n) is 19.7. The molecule has 3 heterocycles. The average Bonchev–Trinajstić information content (AvgIpc) is 4.42. The first-order valence-electron chi connectivity index (χ1n) is 27.7. The number of fused-ring (bicyclic) bond motifs is 28. The van der Waals surface area contributed by atoms with E-state index < -0.39 is 5.41 Å². The van der Waals surface area contributed by atoms with Gasteiger partial charge in [0.05, 0.1) is 16.8 Å². The Balaban J connectivity index is 0.805.